The van der Waals surface area contributed by atoms with Crippen LogP contribution in [0.3, 0.4) is 0 Å². The Morgan fingerprint density at radius 2 is 2.00 bits per heavy atom. The van der Waals surface area contributed by atoms with Crippen LogP contribution in [0.15, 0.2) is 48.5 Å². The third-order valence-corrected chi connectivity index (χ3v) is 6.63. The molecule has 2 amide bonds. The average Bonchev–Trinajstić information content (AvgIpc) is 3.57. The molecule has 0 spiro atoms. The fourth-order valence-corrected chi connectivity index (χ4v) is 4.66. The van der Waals surface area contributed by atoms with Gasteiger partial charge in [-0.2, -0.15) is 0 Å². The predicted octanol–water partition coefficient (Wildman–Crippen LogP) is 4.00. The van der Waals surface area contributed by atoms with Crippen LogP contribution in [0.5, 0.6) is 11.5 Å². The molecule has 1 atom stereocenters. The summed E-state index contributed by atoms with van der Waals surface area (Å²) < 4.78 is 10.6. The molecular weight excluding hydrogens is 440 g/mol. The molecule has 2 aliphatic heterocycles. The van der Waals surface area contributed by atoms with Gasteiger partial charge in [0.15, 0.2) is 11.5 Å². The average molecular weight is 463 g/mol. The largest absolute Gasteiger partial charge is 0.454 e. The van der Waals surface area contributed by atoms with Crippen molar-refractivity contribution in [3.63, 3.8) is 0 Å². The summed E-state index contributed by atoms with van der Waals surface area (Å²) in [6, 6.07) is 13.5. The van der Waals surface area contributed by atoms with Gasteiger partial charge in [-0.3, -0.25) is 14.9 Å². The zero-order valence-electron chi connectivity index (χ0n) is 18.0. The fourth-order valence-electron chi connectivity index (χ4n) is 3.82. The third-order valence-electron chi connectivity index (χ3n) is 5.63. The Balaban J connectivity index is 1.20. The van der Waals surface area contributed by atoms with Gasteiger partial charge in [0.2, 0.25) is 23.7 Å². The van der Waals surface area contributed by atoms with Crippen molar-refractivity contribution in [3.8, 4) is 11.5 Å². The lowest BCUT2D eigenvalue weighted by Crippen LogP contribution is -2.24. The van der Waals surface area contributed by atoms with Gasteiger partial charge in [-0.05, 0) is 47.9 Å². The van der Waals surface area contributed by atoms with Crippen LogP contribution in [-0.2, 0) is 16.0 Å². The predicted molar refractivity (Wildman–Crippen MR) is 126 cm³/mol. The zero-order valence-corrected chi connectivity index (χ0v) is 18.8. The van der Waals surface area contributed by atoms with Crippen LogP contribution in [0.1, 0.15) is 35.4 Å². The maximum Gasteiger partial charge on any atom is 0.250 e. The van der Waals surface area contributed by atoms with E-state index < -0.39 is 0 Å². The van der Waals surface area contributed by atoms with Crippen molar-refractivity contribution in [3.05, 3.63) is 64.7 Å². The molecule has 0 saturated carbocycles. The molecule has 1 saturated heterocycles. The normalized spacial score (nSPS) is 17.2. The molecule has 2 aliphatic rings. The number of rotatable bonds is 6. The molecule has 2 aromatic carbocycles. The van der Waals surface area contributed by atoms with E-state index in [4.69, 9.17) is 9.47 Å². The van der Waals surface area contributed by atoms with E-state index in [-0.39, 0.29) is 24.5 Å². The Morgan fingerprint density at radius 3 is 2.82 bits per heavy atom. The molecule has 9 heteroatoms. The van der Waals surface area contributed by atoms with Crippen LogP contribution >= 0.6 is 11.3 Å². The van der Waals surface area contributed by atoms with E-state index in [0.29, 0.717) is 29.6 Å². The van der Waals surface area contributed by atoms with Crippen LogP contribution in [0.2, 0.25) is 0 Å². The Labute approximate surface area is 194 Å². The molecule has 0 radical (unpaired) electrons. The molecule has 3 heterocycles. The molecule has 8 nitrogen and oxygen atoms in total. The summed E-state index contributed by atoms with van der Waals surface area (Å²) in [7, 11) is 0. The highest BCUT2D eigenvalue weighted by atomic mass is 32.1. The van der Waals surface area contributed by atoms with E-state index in [9.17, 15) is 9.59 Å². The molecule has 168 valence electrons. The Morgan fingerprint density at radius 1 is 1.18 bits per heavy atom. The van der Waals surface area contributed by atoms with E-state index in [1.54, 1.807) is 17.0 Å². The number of nitrogens with one attached hydrogen (secondary N) is 1. The van der Waals surface area contributed by atoms with Crippen LogP contribution < -0.4 is 19.7 Å². The topological polar surface area (TPSA) is 93.7 Å². The van der Waals surface area contributed by atoms with Gasteiger partial charge in [0, 0.05) is 30.6 Å². The number of aryl methyl sites for hydroxylation is 1. The number of benzene rings is 2. The lowest BCUT2D eigenvalue weighted by atomic mass is 10.1. The lowest BCUT2D eigenvalue weighted by Gasteiger charge is -2.16. The molecule has 0 bridgehead atoms. The van der Waals surface area contributed by atoms with Crippen molar-refractivity contribution in [2.24, 2.45) is 0 Å². The van der Waals surface area contributed by atoms with E-state index in [1.165, 1.54) is 23.0 Å². The van der Waals surface area contributed by atoms with Gasteiger partial charge in [0.25, 0.3) is 0 Å². The van der Waals surface area contributed by atoms with E-state index in [2.05, 4.69) is 22.4 Å². The SMILES string of the molecule is CCc1ccc(N2C[C@H](c3nnc(NC(=O)/C=C/c4ccc5c(c4)OCO5)s3)CC2=O)cc1. The molecule has 5 rings (SSSR count). The zero-order chi connectivity index (χ0) is 22.8. The molecular formula is C24H22N4O4S. The van der Waals surface area contributed by atoms with Crippen molar-refractivity contribution in [1.82, 2.24) is 10.2 Å². The summed E-state index contributed by atoms with van der Waals surface area (Å²) in [4.78, 5) is 26.7. The maximum atomic E-state index is 12.6. The number of fused-ring (bicyclic) bond motifs is 1. The minimum atomic E-state index is -0.310. The highest BCUT2D eigenvalue weighted by Crippen LogP contribution is 2.35. The Bertz CT molecular complexity index is 1220. The van der Waals surface area contributed by atoms with Gasteiger partial charge in [0.1, 0.15) is 5.01 Å². The number of aromatic nitrogens is 2. The number of carbonyl (C=O) groups excluding carboxylic acids is 2. The summed E-state index contributed by atoms with van der Waals surface area (Å²) in [6.07, 6.45) is 4.46. The Kier molecular flexibility index (Phi) is 5.78. The van der Waals surface area contributed by atoms with E-state index in [1.807, 2.05) is 36.4 Å². The first-order chi connectivity index (χ1) is 16.1. The second-order valence-corrected chi connectivity index (χ2v) is 8.82. The maximum absolute atomic E-state index is 12.6. The first-order valence-electron chi connectivity index (χ1n) is 10.7. The monoisotopic (exact) mass is 462 g/mol. The van der Waals surface area contributed by atoms with Gasteiger partial charge in [-0.15, -0.1) is 10.2 Å². The van der Waals surface area contributed by atoms with Crippen LogP contribution in [0.25, 0.3) is 6.08 Å². The first kappa shape index (κ1) is 21.1. The summed E-state index contributed by atoms with van der Waals surface area (Å²) in [5.74, 6) is 1.07. The van der Waals surface area contributed by atoms with Crippen molar-refractivity contribution >= 4 is 40.0 Å². The Hall–Kier alpha value is -3.72. The quantitative estimate of drug-likeness (QED) is 0.557. The van der Waals surface area contributed by atoms with Crippen molar-refractivity contribution in [2.45, 2.75) is 25.7 Å². The summed E-state index contributed by atoms with van der Waals surface area (Å²) in [5.41, 5.74) is 2.95. The smallest absolute Gasteiger partial charge is 0.250 e. The second-order valence-electron chi connectivity index (χ2n) is 7.81. The number of amides is 2. The highest BCUT2D eigenvalue weighted by Gasteiger charge is 2.34. The third kappa shape index (κ3) is 4.58. The van der Waals surface area contributed by atoms with Gasteiger partial charge >= 0.3 is 0 Å². The van der Waals surface area contributed by atoms with Crippen molar-refractivity contribution in [1.29, 1.82) is 0 Å². The molecule has 0 aliphatic carbocycles. The molecule has 3 aromatic rings. The number of carbonyl (C=O) groups is 2. The highest BCUT2D eigenvalue weighted by molar-refractivity contribution is 7.15. The molecule has 1 aromatic heterocycles. The number of anilines is 2. The molecule has 1 fully saturated rings. The molecule has 33 heavy (non-hydrogen) atoms. The van der Waals surface area contributed by atoms with Crippen LogP contribution in [0.4, 0.5) is 10.8 Å². The molecule has 0 unspecified atom stereocenters. The lowest BCUT2D eigenvalue weighted by molar-refractivity contribution is -0.117. The van der Waals surface area contributed by atoms with Crippen LogP contribution in [-0.4, -0.2) is 35.3 Å². The molecule has 1 N–H and O–H groups in total. The van der Waals surface area contributed by atoms with Crippen LogP contribution in [0, 0.1) is 0 Å². The number of ether oxygens (including phenoxy) is 2. The van der Waals surface area contributed by atoms with Gasteiger partial charge in [-0.25, -0.2) is 0 Å². The minimum Gasteiger partial charge on any atom is -0.454 e. The van der Waals surface area contributed by atoms with Gasteiger partial charge in [-0.1, -0.05) is 36.5 Å². The van der Waals surface area contributed by atoms with Gasteiger partial charge < -0.3 is 14.4 Å². The van der Waals surface area contributed by atoms with Gasteiger partial charge in [0.05, 0.1) is 0 Å². The minimum absolute atomic E-state index is 0.0457. The first-order valence-corrected chi connectivity index (χ1v) is 11.5. The fraction of sp³-hybridized carbons (Fsp3) is 0.250. The summed E-state index contributed by atoms with van der Waals surface area (Å²) >= 11 is 1.30. The number of nitrogens with zero attached hydrogens (tertiary/aromatic N) is 3. The summed E-state index contributed by atoms with van der Waals surface area (Å²) in [6.45, 7) is 2.86. The van der Waals surface area contributed by atoms with Crippen molar-refractivity contribution in [2.75, 3.05) is 23.6 Å². The second kappa shape index (κ2) is 9.03. The summed E-state index contributed by atoms with van der Waals surface area (Å²) in [5, 5.41) is 12.2. The van der Waals surface area contributed by atoms with E-state index in [0.717, 1.165) is 22.7 Å². The van der Waals surface area contributed by atoms with Crippen molar-refractivity contribution < 1.29 is 19.1 Å². The number of hydrogen-bond acceptors (Lipinski definition) is 7. The standard InChI is InChI=1S/C24H22N4O4S/c1-2-15-3-7-18(8-4-15)28-13-17(12-22(28)30)23-26-27-24(33-23)25-21(29)10-6-16-5-9-19-20(11-16)32-14-31-19/h3-11,17H,2,12-14H2,1H3,(H,25,27,29)/b10-6+/t17-/m1/s1. The van der Waals surface area contributed by atoms with E-state index >= 15 is 0 Å². The number of hydrogen-bond donors (Lipinski definition) is 1.